The van der Waals surface area contributed by atoms with E-state index in [1.807, 2.05) is 0 Å². The van der Waals surface area contributed by atoms with E-state index >= 15 is 0 Å². The van der Waals surface area contributed by atoms with Crippen LogP contribution in [0.5, 0.6) is 0 Å². The van der Waals surface area contributed by atoms with E-state index in [-0.39, 0.29) is 28.6 Å². The molecule has 0 aliphatic heterocycles. The zero-order chi connectivity index (χ0) is 26.1. The molecule has 6 nitrogen and oxygen atoms in total. The minimum atomic E-state index is -4.75. The van der Waals surface area contributed by atoms with Crippen LogP contribution in [0.25, 0.3) is 28.1 Å². The van der Waals surface area contributed by atoms with Crippen LogP contribution < -0.4 is 5.32 Å². The maximum atomic E-state index is 14.2. The molecule has 0 atom stereocenters. The van der Waals surface area contributed by atoms with Gasteiger partial charge in [0.25, 0.3) is 0 Å². The van der Waals surface area contributed by atoms with Gasteiger partial charge in [-0.3, -0.25) is 4.79 Å². The Morgan fingerprint density at radius 3 is 2.06 bits per heavy atom. The molecule has 10 heteroatoms. The van der Waals surface area contributed by atoms with Gasteiger partial charge in [-0.05, 0) is 35.4 Å². The number of hydrogen-bond donors (Lipinski definition) is 1. The first-order chi connectivity index (χ1) is 16.9. The Labute approximate surface area is 206 Å². The summed E-state index contributed by atoms with van der Waals surface area (Å²) in [6.45, 7) is 1.67. The number of carbonyl (C=O) groups is 1. The van der Waals surface area contributed by atoms with Crippen molar-refractivity contribution in [2.24, 2.45) is 0 Å². The molecule has 1 amide bonds. The third kappa shape index (κ3) is 5.33. The molecule has 0 spiro atoms. The van der Waals surface area contributed by atoms with Gasteiger partial charge in [0.1, 0.15) is 0 Å². The second-order valence-corrected chi connectivity index (χ2v) is 10.2. The molecule has 1 heterocycles. The number of hydrogen-bond acceptors (Lipinski definition) is 4. The lowest BCUT2D eigenvalue weighted by Gasteiger charge is -2.12. The normalized spacial score (nSPS) is 11.9. The first-order valence-corrected chi connectivity index (χ1v) is 12.7. The van der Waals surface area contributed by atoms with Crippen LogP contribution in [-0.2, 0) is 27.4 Å². The zero-order valence-electron chi connectivity index (χ0n) is 19.4. The van der Waals surface area contributed by atoms with Gasteiger partial charge >= 0.3 is 6.18 Å². The smallest absolute Gasteiger partial charge is 0.352 e. The zero-order valence-corrected chi connectivity index (χ0v) is 20.2. The predicted molar refractivity (Wildman–Crippen MR) is 130 cm³/mol. The lowest BCUT2D eigenvalue weighted by Crippen LogP contribution is -2.18. The topological polar surface area (TPSA) is 81.1 Å². The molecule has 186 valence electrons. The highest BCUT2D eigenvalue weighted by Crippen LogP contribution is 2.43. The number of aromatic nitrogens is 2. The minimum Gasteiger partial charge on any atom is -0.352 e. The van der Waals surface area contributed by atoms with Gasteiger partial charge in [-0.25, -0.2) is 13.1 Å². The molecular weight excluding hydrogens is 491 g/mol. The number of carbonyl (C=O) groups excluding carboxylic acids is 1. The Morgan fingerprint density at radius 1 is 0.917 bits per heavy atom. The van der Waals surface area contributed by atoms with Crippen LogP contribution in [0.4, 0.5) is 13.2 Å². The Balaban J connectivity index is 1.96. The summed E-state index contributed by atoms with van der Waals surface area (Å²) in [5, 5.41) is 6.65. The Kier molecular flexibility index (Phi) is 6.73. The van der Waals surface area contributed by atoms with Crippen molar-refractivity contribution in [3.05, 3.63) is 90.1 Å². The maximum Gasteiger partial charge on any atom is 0.435 e. The summed E-state index contributed by atoms with van der Waals surface area (Å²) in [5.74, 6) is -0.201. The largest absolute Gasteiger partial charge is 0.435 e. The summed E-state index contributed by atoms with van der Waals surface area (Å²) in [5.41, 5.74) is 0.821. The second kappa shape index (κ2) is 9.62. The molecule has 4 rings (SSSR count). The third-order valence-electron chi connectivity index (χ3n) is 5.49. The van der Waals surface area contributed by atoms with Crippen molar-refractivity contribution in [2.45, 2.75) is 24.5 Å². The number of benzene rings is 3. The van der Waals surface area contributed by atoms with Crippen molar-refractivity contribution < 1.29 is 26.4 Å². The Morgan fingerprint density at radius 2 is 1.53 bits per heavy atom. The van der Waals surface area contributed by atoms with Crippen LogP contribution in [-0.4, -0.2) is 30.4 Å². The van der Waals surface area contributed by atoms with Crippen molar-refractivity contribution in [1.82, 2.24) is 15.1 Å². The standard InChI is InChI=1S/C26H22F3N3O3S/c1-17(33)30-16-18-8-12-21(13-9-18)32-24(20-10-14-22(15-11-20)36(2,34)35)23(19-6-4-3-5-7-19)25(31-32)26(27,28)29/h3-15H,16H2,1-2H3,(H,30,33). The monoisotopic (exact) mass is 513 g/mol. The third-order valence-corrected chi connectivity index (χ3v) is 6.62. The minimum absolute atomic E-state index is 0.0527. The first-order valence-electron chi connectivity index (χ1n) is 10.8. The van der Waals surface area contributed by atoms with Gasteiger partial charge in [0, 0.05) is 30.9 Å². The number of halogens is 3. The van der Waals surface area contributed by atoms with Crippen molar-refractivity contribution in [1.29, 1.82) is 0 Å². The molecule has 36 heavy (non-hydrogen) atoms. The summed E-state index contributed by atoms with van der Waals surface area (Å²) in [6.07, 6.45) is -3.69. The van der Waals surface area contributed by atoms with E-state index in [4.69, 9.17) is 0 Å². The fourth-order valence-electron chi connectivity index (χ4n) is 3.79. The fourth-order valence-corrected chi connectivity index (χ4v) is 4.42. The van der Waals surface area contributed by atoms with Gasteiger partial charge in [-0.15, -0.1) is 0 Å². The highest BCUT2D eigenvalue weighted by molar-refractivity contribution is 7.90. The average molecular weight is 514 g/mol. The van der Waals surface area contributed by atoms with Gasteiger partial charge in [0.15, 0.2) is 15.5 Å². The number of rotatable bonds is 6. The van der Waals surface area contributed by atoms with Crippen LogP contribution in [0, 0.1) is 0 Å². The molecule has 0 saturated heterocycles. The van der Waals surface area contributed by atoms with E-state index in [1.165, 1.54) is 35.9 Å². The molecule has 1 N–H and O–H groups in total. The molecule has 1 aromatic heterocycles. The highest BCUT2D eigenvalue weighted by Gasteiger charge is 2.40. The molecule has 0 aliphatic rings. The van der Waals surface area contributed by atoms with Gasteiger partial charge in [0.2, 0.25) is 5.91 Å². The van der Waals surface area contributed by atoms with Gasteiger partial charge in [-0.1, -0.05) is 54.6 Å². The Bertz CT molecular complexity index is 1490. The molecule has 0 aliphatic carbocycles. The van der Waals surface area contributed by atoms with E-state index in [0.717, 1.165) is 11.8 Å². The number of amides is 1. The van der Waals surface area contributed by atoms with Crippen LogP contribution in [0.1, 0.15) is 18.2 Å². The van der Waals surface area contributed by atoms with Crippen molar-refractivity contribution in [3.63, 3.8) is 0 Å². The first kappa shape index (κ1) is 25.2. The lowest BCUT2D eigenvalue weighted by atomic mass is 9.98. The van der Waals surface area contributed by atoms with E-state index in [1.54, 1.807) is 54.6 Å². The molecule has 0 saturated carbocycles. The molecule has 4 aromatic rings. The Hall–Kier alpha value is -3.92. The summed E-state index contributed by atoms with van der Waals surface area (Å²) in [4.78, 5) is 11.2. The van der Waals surface area contributed by atoms with Crippen molar-refractivity contribution in [3.8, 4) is 28.1 Å². The molecule has 0 radical (unpaired) electrons. The lowest BCUT2D eigenvalue weighted by molar-refractivity contribution is -0.140. The molecule has 0 bridgehead atoms. The van der Waals surface area contributed by atoms with E-state index in [0.29, 0.717) is 16.8 Å². The summed E-state index contributed by atoms with van der Waals surface area (Å²) >= 11 is 0. The molecule has 0 unspecified atom stereocenters. The second-order valence-electron chi connectivity index (χ2n) is 8.22. The van der Waals surface area contributed by atoms with Crippen LogP contribution >= 0.6 is 0 Å². The SMILES string of the molecule is CC(=O)NCc1ccc(-n2nc(C(F)(F)F)c(-c3ccccc3)c2-c2ccc(S(C)(=O)=O)cc2)cc1. The quantitative estimate of drug-likeness (QED) is 0.381. The average Bonchev–Trinajstić information content (AvgIpc) is 3.24. The van der Waals surface area contributed by atoms with E-state index in [9.17, 15) is 26.4 Å². The number of sulfone groups is 1. The summed E-state index contributed by atoms with van der Waals surface area (Å²) < 4.78 is 67.7. The van der Waals surface area contributed by atoms with Gasteiger partial charge in [0.05, 0.1) is 16.3 Å². The van der Waals surface area contributed by atoms with Gasteiger partial charge in [-0.2, -0.15) is 18.3 Å². The van der Waals surface area contributed by atoms with Crippen LogP contribution in [0.3, 0.4) is 0 Å². The maximum absolute atomic E-state index is 14.2. The van der Waals surface area contributed by atoms with E-state index in [2.05, 4.69) is 10.4 Å². The van der Waals surface area contributed by atoms with Crippen molar-refractivity contribution >= 4 is 15.7 Å². The number of alkyl halides is 3. The summed E-state index contributed by atoms with van der Waals surface area (Å²) in [7, 11) is -3.49. The summed E-state index contributed by atoms with van der Waals surface area (Å²) in [6, 6.07) is 20.4. The van der Waals surface area contributed by atoms with Crippen molar-refractivity contribution in [2.75, 3.05) is 6.26 Å². The molecule has 0 fully saturated rings. The fraction of sp³-hybridized carbons (Fsp3) is 0.154. The predicted octanol–water partition coefficient (Wildman–Crippen LogP) is 5.26. The van der Waals surface area contributed by atoms with Crippen LogP contribution in [0.2, 0.25) is 0 Å². The van der Waals surface area contributed by atoms with Gasteiger partial charge < -0.3 is 5.32 Å². The number of nitrogens with one attached hydrogen (secondary N) is 1. The van der Waals surface area contributed by atoms with Crippen LogP contribution in [0.15, 0.2) is 83.8 Å². The molecular formula is C26H22F3N3O3S. The molecule has 3 aromatic carbocycles. The van der Waals surface area contributed by atoms with E-state index < -0.39 is 21.7 Å². The number of nitrogens with zero attached hydrogens (tertiary/aromatic N) is 2. The highest BCUT2D eigenvalue weighted by atomic mass is 32.2.